The number of carbonyl (C=O) groups is 1. The molecule has 1 heterocycles. The molecule has 23 heavy (non-hydrogen) atoms. The number of para-hydroxylation sites is 2. The number of anilines is 1. The monoisotopic (exact) mass is 313 g/mol. The summed E-state index contributed by atoms with van der Waals surface area (Å²) in [6.45, 7) is 0. The van der Waals surface area contributed by atoms with E-state index < -0.39 is 11.7 Å². The fourth-order valence-corrected chi connectivity index (χ4v) is 2.10. The molecule has 0 aliphatic carbocycles. The summed E-state index contributed by atoms with van der Waals surface area (Å²) >= 11 is 0. The molecule has 0 saturated heterocycles. The summed E-state index contributed by atoms with van der Waals surface area (Å²) in [5.74, 6) is -0.406. The maximum Gasteiger partial charge on any atom is 0.257 e. The van der Waals surface area contributed by atoms with Gasteiger partial charge >= 0.3 is 0 Å². The van der Waals surface area contributed by atoms with E-state index in [1.54, 1.807) is 24.3 Å². The van der Waals surface area contributed by atoms with Crippen LogP contribution in [-0.4, -0.2) is 33.2 Å². The number of benzene rings is 2. The van der Waals surface area contributed by atoms with E-state index >= 15 is 0 Å². The van der Waals surface area contributed by atoms with Crippen LogP contribution < -0.4 is 10.1 Å². The SMILES string of the molecule is COc1ccccc1NC(=O)c1ccc(F)cc1-n1cnnn1. The van der Waals surface area contributed by atoms with Crippen LogP contribution in [0.2, 0.25) is 0 Å². The molecule has 0 unspecified atom stereocenters. The molecule has 7 nitrogen and oxygen atoms in total. The highest BCUT2D eigenvalue weighted by atomic mass is 19.1. The van der Waals surface area contributed by atoms with E-state index in [0.717, 1.165) is 0 Å². The van der Waals surface area contributed by atoms with Gasteiger partial charge in [-0.05, 0) is 34.7 Å². The van der Waals surface area contributed by atoms with Gasteiger partial charge in [0.15, 0.2) is 0 Å². The van der Waals surface area contributed by atoms with Gasteiger partial charge in [0.2, 0.25) is 0 Å². The number of tetrazole rings is 1. The summed E-state index contributed by atoms with van der Waals surface area (Å²) in [6, 6.07) is 10.7. The zero-order chi connectivity index (χ0) is 16.2. The summed E-state index contributed by atoms with van der Waals surface area (Å²) in [5, 5.41) is 13.4. The van der Waals surface area contributed by atoms with Gasteiger partial charge in [-0.2, -0.15) is 4.68 Å². The van der Waals surface area contributed by atoms with Crippen LogP contribution in [0.15, 0.2) is 48.8 Å². The molecule has 0 atom stereocenters. The highest BCUT2D eigenvalue weighted by Crippen LogP contribution is 2.24. The van der Waals surface area contributed by atoms with Gasteiger partial charge in [-0.1, -0.05) is 12.1 Å². The van der Waals surface area contributed by atoms with Crippen LogP contribution in [0.5, 0.6) is 5.75 Å². The average molecular weight is 313 g/mol. The second-order valence-corrected chi connectivity index (χ2v) is 4.57. The van der Waals surface area contributed by atoms with Gasteiger partial charge in [0.05, 0.1) is 24.0 Å². The molecular weight excluding hydrogens is 301 g/mol. The van der Waals surface area contributed by atoms with Crippen molar-refractivity contribution in [1.29, 1.82) is 0 Å². The van der Waals surface area contributed by atoms with E-state index in [1.807, 2.05) is 0 Å². The molecule has 0 saturated carbocycles. The molecule has 3 rings (SSSR count). The molecule has 8 heteroatoms. The molecule has 1 N–H and O–H groups in total. The molecule has 0 aliphatic rings. The Balaban J connectivity index is 1.97. The number of halogens is 1. The number of hydrogen-bond donors (Lipinski definition) is 1. The molecule has 0 spiro atoms. The Morgan fingerprint density at radius 2 is 2.09 bits per heavy atom. The molecule has 116 valence electrons. The number of amides is 1. The van der Waals surface area contributed by atoms with Gasteiger partial charge in [-0.15, -0.1) is 5.10 Å². The highest BCUT2D eigenvalue weighted by molar-refractivity contribution is 6.07. The first-order valence-corrected chi connectivity index (χ1v) is 6.66. The zero-order valence-corrected chi connectivity index (χ0v) is 12.1. The number of carbonyl (C=O) groups excluding carboxylic acids is 1. The van der Waals surface area contributed by atoms with E-state index in [4.69, 9.17) is 4.74 Å². The van der Waals surface area contributed by atoms with Crippen molar-refractivity contribution in [3.8, 4) is 11.4 Å². The first-order valence-electron chi connectivity index (χ1n) is 6.66. The third-order valence-corrected chi connectivity index (χ3v) is 3.16. The molecule has 1 aromatic heterocycles. The predicted molar refractivity (Wildman–Crippen MR) is 80.1 cm³/mol. The molecule has 3 aromatic rings. The van der Waals surface area contributed by atoms with Crippen molar-refractivity contribution in [3.63, 3.8) is 0 Å². The summed E-state index contributed by atoms with van der Waals surface area (Å²) < 4.78 is 19.9. The van der Waals surface area contributed by atoms with Crippen molar-refractivity contribution in [1.82, 2.24) is 20.2 Å². The van der Waals surface area contributed by atoms with Crippen LogP contribution >= 0.6 is 0 Å². The number of nitrogens with one attached hydrogen (secondary N) is 1. The maximum atomic E-state index is 13.5. The minimum atomic E-state index is -0.496. The molecule has 2 aromatic carbocycles. The Hall–Kier alpha value is -3.29. The topological polar surface area (TPSA) is 81.9 Å². The fraction of sp³-hybridized carbons (Fsp3) is 0.0667. The van der Waals surface area contributed by atoms with Crippen molar-refractivity contribution in [2.75, 3.05) is 12.4 Å². The van der Waals surface area contributed by atoms with Crippen molar-refractivity contribution in [2.45, 2.75) is 0 Å². The zero-order valence-electron chi connectivity index (χ0n) is 12.1. The second-order valence-electron chi connectivity index (χ2n) is 4.57. The van der Waals surface area contributed by atoms with Gasteiger partial charge in [-0.25, -0.2) is 4.39 Å². The summed E-state index contributed by atoms with van der Waals surface area (Å²) in [7, 11) is 1.51. The quantitative estimate of drug-likeness (QED) is 0.797. The number of nitrogens with zero attached hydrogens (tertiary/aromatic N) is 4. The number of ether oxygens (including phenoxy) is 1. The largest absolute Gasteiger partial charge is 0.495 e. The van der Waals surface area contributed by atoms with E-state index in [9.17, 15) is 9.18 Å². The number of hydrogen-bond acceptors (Lipinski definition) is 5. The van der Waals surface area contributed by atoms with E-state index in [2.05, 4.69) is 20.8 Å². The predicted octanol–water partition coefficient (Wildman–Crippen LogP) is 2.06. The molecule has 0 fully saturated rings. The van der Waals surface area contributed by atoms with E-state index in [0.29, 0.717) is 11.4 Å². The van der Waals surface area contributed by atoms with Crippen molar-refractivity contribution in [2.24, 2.45) is 0 Å². The van der Waals surface area contributed by atoms with Crippen LogP contribution in [-0.2, 0) is 0 Å². The van der Waals surface area contributed by atoms with E-state index in [1.165, 1.54) is 36.3 Å². The Morgan fingerprint density at radius 3 is 2.83 bits per heavy atom. The summed E-state index contributed by atoms with van der Waals surface area (Å²) in [6.07, 6.45) is 1.29. The number of rotatable bonds is 4. The molecular formula is C15H12FN5O2. The first-order chi connectivity index (χ1) is 11.2. The van der Waals surface area contributed by atoms with Crippen molar-refractivity contribution < 1.29 is 13.9 Å². The van der Waals surface area contributed by atoms with Gasteiger partial charge in [-0.3, -0.25) is 4.79 Å². The first kappa shape index (κ1) is 14.6. The molecule has 1 amide bonds. The third kappa shape index (κ3) is 3.00. The second kappa shape index (κ2) is 6.22. The highest BCUT2D eigenvalue weighted by Gasteiger charge is 2.16. The maximum absolute atomic E-state index is 13.5. The fourth-order valence-electron chi connectivity index (χ4n) is 2.10. The number of methoxy groups -OCH3 is 1. The van der Waals surface area contributed by atoms with Crippen LogP contribution in [0.3, 0.4) is 0 Å². The number of aromatic nitrogens is 4. The Labute approximate surface area is 130 Å². The summed E-state index contributed by atoms with van der Waals surface area (Å²) in [4.78, 5) is 12.5. The minimum absolute atomic E-state index is 0.226. The van der Waals surface area contributed by atoms with Crippen LogP contribution in [0.1, 0.15) is 10.4 Å². The smallest absolute Gasteiger partial charge is 0.257 e. The lowest BCUT2D eigenvalue weighted by Crippen LogP contribution is -2.16. The normalized spacial score (nSPS) is 10.3. The van der Waals surface area contributed by atoms with Gasteiger partial charge < -0.3 is 10.1 Å². The van der Waals surface area contributed by atoms with Gasteiger partial charge in [0.1, 0.15) is 17.9 Å². The van der Waals surface area contributed by atoms with Crippen LogP contribution in [0, 0.1) is 5.82 Å². The Morgan fingerprint density at radius 1 is 1.26 bits per heavy atom. The van der Waals surface area contributed by atoms with E-state index in [-0.39, 0.29) is 11.3 Å². The summed E-state index contributed by atoms with van der Waals surface area (Å²) in [5.41, 5.74) is 0.971. The van der Waals surface area contributed by atoms with Crippen molar-refractivity contribution in [3.05, 3.63) is 60.2 Å². The lowest BCUT2D eigenvalue weighted by atomic mass is 10.1. The van der Waals surface area contributed by atoms with Crippen molar-refractivity contribution >= 4 is 11.6 Å². The third-order valence-electron chi connectivity index (χ3n) is 3.16. The molecule has 0 radical (unpaired) electrons. The molecule has 0 aliphatic heterocycles. The lowest BCUT2D eigenvalue weighted by Gasteiger charge is -2.12. The van der Waals surface area contributed by atoms with Gasteiger partial charge in [0, 0.05) is 6.07 Å². The van der Waals surface area contributed by atoms with Gasteiger partial charge in [0.25, 0.3) is 5.91 Å². The Bertz CT molecular complexity index is 836. The van der Waals surface area contributed by atoms with Crippen LogP contribution in [0.4, 0.5) is 10.1 Å². The Kier molecular flexibility index (Phi) is 3.96. The van der Waals surface area contributed by atoms with Crippen LogP contribution in [0.25, 0.3) is 5.69 Å². The standard InChI is InChI=1S/C15H12FN5O2/c1-23-14-5-3-2-4-12(14)18-15(22)11-7-6-10(16)8-13(11)21-9-17-19-20-21/h2-9H,1H3,(H,18,22). The lowest BCUT2D eigenvalue weighted by molar-refractivity contribution is 0.102. The average Bonchev–Trinajstić information content (AvgIpc) is 3.09. The molecule has 0 bridgehead atoms. The minimum Gasteiger partial charge on any atom is -0.495 e.